The number of nitrogens with one attached hydrogen (secondary N) is 1. The molecule has 2 aliphatic carbocycles. The maximum absolute atomic E-state index is 3.44. The van der Waals surface area contributed by atoms with E-state index in [-0.39, 0.29) is 0 Å². The Morgan fingerprint density at radius 3 is 1.91 bits per heavy atom. The Morgan fingerprint density at radius 2 is 1.45 bits per heavy atom. The summed E-state index contributed by atoms with van der Waals surface area (Å²) < 4.78 is 0. The Morgan fingerprint density at radius 1 is 0.909 bits per heavy atom. The molecule has 11 heavy (non-hydrogen) atoms. The summed E-state index contributed by atoms with van der Waals surface area (Å²) in [5.74, 6) is 2.11. The summed E-state index contributed by atoms with van der Waals surface area (Å²) in [6.07, 6.45) is 8.93. The predicted molar refractivity (Wildman–Crippen MR) is 47.5 cm³/mol. The molecule has 0 bridgehead atoms. The smallest absolute Gasteiger partial charge is 0.0127 e. The van der Waals surface area contributed by atoms with Crippen LogP contribution in [-0.2, 0) is 0 Å². The fourth-order valence-corrected chi connectivity index (χ4v) is 2.77. The minimum atomic E-state index is 0.896. The van der Waals surface area contributed by atoms with Crippen LogP contribution in [-0.4, -0.2) is 13.1 Å². The van der Waals surface area contributed by atoms with Crippen molar-refractivity contribution in [2.75, 3.05) is 7.05 Å². The van der Waals surface area contributed by atoms with E-state index >= 15 is 0 Å². The number of rotatable bonds is 1. The zero-order valence-corrected chi connectivity index (χ0v) is 7.47. The van der Waals surface area contributed by atoms with Crippen LogP contribution in [0.3, 0.4) is 0 Å². The molecule has 0 heterocycles. The van der Waals surface area contributed by atoms with Gasteiger partial charge in [-0.05, 0) is 31.7 Å². The van der Waals surface area contributed by atoms with E-state index in [9.17, 15) is 0 Å². The van der Waals surface area contributed by atoms with Gasteiger partial charge >= 0.3 is 0 Å². The van der Waals surface area contributed by atoms with E-state index in [4.69, 9.17) is 0 Å². The second-order valence-corrected chi connectivity index (χ2v) is 4.13. The van der Waals surface area contributed by atoms with Gasteiger partial charge in [-0.2, -0.15) is 0 Å². The Balaban J connectivity index is 1.85. The molecule has 2 fully saturated rings. The molecule has 0 aliphatic heterocycles. The first-order valence-corrected chi connectivity index (χ1v) is 5.11. The minimum absolute atomic E-state index is 0.896. The van der Waals surface area contributed by atoms with Crippen molar-refractivity contribution < 1.29 is 0 Å². The van der Waals surface area contributed by atoms with Crippen molar-refractivity contribution in [3.8, 4) is 0 Å². The molecule has 2 aliphatic rings. The van der Waals surface area contributed by atoms with Crippen molar-refractivity contribution in [1.82, 2.24) is 5.32 Å². The standard InChI is InChI=1S/C10H19N/c1-11-10-8-6-4-2-3-5-7-9(8)10/h8-11H,2-7H2,1H3. The normalized spacial score (nSPS) is 43.9. The van der Waals surface area contributed by atoms with Crippen molar-refractivity contribution in [1.29, 1.82) is 0 Å². The van der Waals surface area contributed by atoms with Crippen molar-refractivity contribution >= 4 is 0 Å². The fourth-order valence-electron chi connectivity index (χ4n) is 2.77. The first-order chi connectivity index (χ1) is 5.43. The van der Waals surface area contributed by atoms with E-state index in [0.29, 0.717) is 0 Å². The van der Waals surface area contributed by atoms with E-state index in [2.05, 4.69) is 12.4 Å². The molecule has 2 rings (SSSR count). The quantitative estimate of drug-likeness (QED) is 0.609. The number of hydrogen-bond donors (Lipinski definition) is 1. The van der Waals surface area contributed by atoms with Gasteiger partial charge in [0.05, 0.1) is 0 Å². The third kappa shape index (κ3) is 1.44. The number of fused-ring (bicyclic) bond motifs is 1. The molecular formula is C10H19N. The van der Waals surface area contributed by atoms with E-state index in [1.807, 2.05) is 0 Å². The summed E-state index contributed by atoms with van der Waals surface area (Å²) in [4.78, 5) is 0. The zero-order chi connectivity index (χ0) is 7.68. The summed E-state index contributed by atoms with van der Waals surface area (Å²) in [7, 11) is 2.12. The lowest BCUT2D eigenvalue weighted by Gasteiger charge is -2.04. The molecule has 1 nitrogen and oxygen atoms in total. The van der Waals surface area contributed by atoms with Crippen LogP contribution in [0.15, 0.2) is 0 Å². The van der Waals surface area contributed by atoms with Gasteiger partial charge in [0.25, 0.3) is 0 Å². The first-order valence-electron chi connectivity index (χ1n) is 5.11. The van der Waals surface area contributed by atoms with Crippen LogP contribution in [0.4, 0.5) is 0 Å². The molecule has 0 aromatic rings. The highest BCUT2D eigenvalue weighted by Gasteiger charge is 2.47. The molecule has 1 heteroatoms. The van der Waals surface area contributed by atoms with E-state index < -0.39 is 0 Å². The van der Waals surface area contributed by atoms with Gasteiger partial charge in [-0.3, -0.25) is 0 Å². The maximum Gasteiger partial charge on any atom is 0.0127 e. The molecule has 0 aromatic heterocycles. The van der Waals surface area contributed by atoms with Gasteiger partial charge < -0.3 is 5.32 Å². The average molecular weight is 153 g/mol. The van der Waals surface area contributed by atoms with Crippen LogP contribution in [0.25, 0.3) is 0 Å². The van der Waals surface area contributed by atoms with E-state index in [0.717, 1.165) is 17.9 Å². The van der Waals surface area contributed by atoms with Gasteiger partial charge in [0.15, 0.2) is 0 Å². The third-order valence-electron chi connectivity index (χ3n) is 3.49. The van der Waals surface area contributed by atoms with Gasteiger partial charge in [0.1, 0.15) is 0 Å². The highest BCUT2D eigenvalue weighted by atomic mass is 15.0. The largest absolute Gasteiger partial charge is 0.316 e. The zero-order valence-electron chi connectivity index (χ0n) is 7.47. The topological polar surface area (TPSA) is 12.0 Å². The van der Waals surface area contributed by atoms with Crippen LogP contribution < -0.4 is 5.32 Å². The summed E-state index contributed by atoms with van der Waals surface area (Å²) in [5, 5.41) is 3.44. The Labute approximate surface area is 69.6 Å². The van der Waals surface area contributed by atoms with Crippen molar-refractivity contribution in [2.45, 2.75) is 44.6 Å². The van der Waals surface area contributed by atoms with Crippen molar-refractivity contribution in [3.05, 3.63) is 0 Å². The van der Waals surface area contributed by atoms with Crippen LogP contribution in [0.1, 0.15) is 38.5 Å². The van der Waals surface area contributed by atoms with Gasteiger partial charge in [0, 0.05) is 6.04 Å². The Kier molecular flexibility index (Phi) is 2.17. The Hall–Kier alpha value is -0.0400. The highest BCUT2D eigenvalue weighted by Crippen LogP contribution is 2.47. The molecule has 2 saturated carbocycles. The number of hydrogen-bond acceptors (Lipinski definition) is 1. The SMILES string of the molecule is CNC1C2CCCCCCC21. The van der Waals surface area contributed by atoms with Gasteiger partial charge in [-0.25, -0.2) is 0 Å². The van der Waals surface area contributed by atoms with Gasteiger partial charge in [-0.15, -0.1) is 0 Å². The van der Waals surface area contributed by atoms with Crippen LogP contribution in [0, 0.1) is 11.8 Å². The van der Waals surface area contributed by atoms with Crippen LogP contribution >= 0.6 is 0 Å². The predicted octanol–water partition coefficient (Wildman–Crippen LogP) is 2.17. The lowest BCUT2D eigenvalue weighted by molar-refractivity contribution is 0.485. The maximum atomic E-state index is 3.44. The van der Waals surface area contributed by atoms with E-state index in [1.165, 1.54) is 38.5 Å². The lowest BCUT2D eigenvalue weighted by Crippen LogP contribution is -2.12. The van der Waals surface area contributed by atoms with Crippen LogP contribution in [0.2, 0.25) is 0 Å². The molecule has 0 radical (unpaired) electrons. The summed E-state index contributed by atoms with van der Waals surface area (Å²) in [5.41, 5.74) is 0. The summed E-state index contributed by atoms with van der Waals surface area (Å²) in [6, 6.07) is 0.896. The third-order valence-corrected chi connectivity index (χ3v) is 3.49. The van der Waals surface area contributed by atoms with Crippen molar-refractivity contribution in [3.63, 3.8) is 0 Å². The molecule has 0 aromatic carbocycles. The minimum Gasteiger partial charge on any atom is -0.316 e. The lowest BCUT2D eigenvalue weighted by atomic mass is 10.0. The highest BCUT2D eigenvalue weighted by molar-refractivity contribution is 5.02. The summed E-state index contributed by atoms with van der Waals surface area (Å²) in [6.45, 7) is 0. The van der Waals surface area contributed by atoms with Crippen molar-refractivity contribution in [2.24, 2.45) is 11.8 Å². The molecule has 64 valence electrons. The molecule has 0 amide bonds. The van der Waals surface area contributed by atoms with Gasteiger partial charge in [-0.1, -0.05) is 25.7 Å². The molecule has 0 spiro atoms. The second kappa shape index (κ2) is 3.14. The molecule has 2 unspecified atom stereocenters. The first kappa shape index (κ1) is 7.60. The molecular weight excluding hydrogens is 134 g/mol. The Bertz CT molecular complexity index is 119. The van der Waals surface area contributed by atoms with Crippen LogP contribution in [0.5, 0.6) is 0 Å². The molecule has 2 atom stereocenters. The molecule has 0 saturated heterocycles. The van der Waals surface area contributed by atoms with Gasteiger partial charge in [0.2, 0.25) is 0 Å². The summed E-state index contributed by atoms with van der Waals surface area (Å²) >= 11 is 0. The van der Waals surface area contributed by atoms with E-state index in [1.54, 1.807) is 0 Å². The average Bonchev–Trinajstić information content (AvgIpc) is 2.60. The monoisotopic (exact) mass is 153 g/mol. The second-order valence-electron chi connectivity index (χ2n) is 4.13. The fraction of sp³-hybridized carbons (Fsp3) is 1.00. The molecule has 1 N–H and O–H groups in total.